The van der Waals surface area contributed by atoms with E-state index in [0.717, 1.165) is 52.5 Å². The summed E-state index contributed by atoms with van der Waals surface area (Å²) in [5.41, 5.74) is 4.71. The molecule has 47 heavy (non-hydrogen) atoms. The lowest BCUT2D eigenvalue weighted by Crippen LogP contribution is -2.29. The second kappa shape index (κ2) is 13.3. The minimum Gasteiger partial charge on any atom is -0.361 e. The van der Waals surface area contributed by atoms with E-state index in [4.69, 9.17) is 19.8 Å². The third-order valence-electron chi connectivity index (χ3n) is 8.27. The van der Waals surface area contributed by atoms with E-state index in [-0.39, 0.29) is 5.56 Å². The van der Waals surface area contributed by atoms with Crippen molar-refractivity contribution in [1.29, 1.82) is 0 Å². The molecular weight excluding hydrogens is 609 g/mol. The molecule has 13 heteroatoms. The molecule has 0 aliphatic rings. The van der Waals surface area contributed by atoms with E-state index < -0.39 is 14.1 Å². The number of likely N-dealkylation sites (N-methyl/N-ethyl adjacent to an activating group) is 1. The topological polar surface area (TPSA) is 112 Å². The molecule has 0 spiro atoms. The van der Waals surface area contributed by atoms with Crippen LogP contribution in [0.25, 0.3) is 33.4 Å². The first-order valence-electron chi connectivity index (χ1n) is 16.0. The fourth-order valence-corrected chi connectivity index (χ4v) is 6.38. The molecule has 0 fully saturated rings. The van der Waals surface area contributed by atoms with Crippen molar-refractivity contribution < 1.29 is 4.74 Å². The number of para-hydroxylation sites is 1. The molecule has 0 unspecified atom stereocenters. The SMILES string of the molecule is Cc1ccn2nc([C@H](C)Nc3ncnc4c3c(-c3cnn(CCN(C)C)c3)cn4COCC[Si](C)(C)C)n(-c3ccccc3)c(=O)c12. The molecule has 5 aromatic heterocycles. The molecule has 0 saturated heterocycles. The van der Waals surface area contributed by atoms with Gasteiger partial charge in [-0.25, -0.2) is 14.5 Å². The van der Waals surface area contributed by atoms with E-state index in [0.29, 0.717) is 30.5 Å². The van der Waals surface area contributed by atoms with Crippen LogP contribution in [0.15, 0.2) is 72.3 Å². The zero-order valence-electron chi connectivity index (χ0n) is 28.3. The molecule has 1 N–H and O–H groups in total. The van der Waals surface area contributed by atoms with Crippen molar-refractivity contribution in [2.75, 3.05) is 32.6 Å². The van der Waals surface area contributed by atoms with E-state index in [1.807, 2.05) is 71.9 Å². The molecule has 5 heterocycles. The number of benzene rings is 1. The van der Waals surface area contributed by atoms with Crippen molar-refractivity contribution in [2.45, 2.75) is 58.9 Å². The van der Waals surface area contributed by atoms with Gasteiger partial charge < -0.3 is 19.5 Å². The van der Waals surface area contributed by atoms with E-state index in [9.17, 15) is 4.79 Å². The van der Waals surface area contributed by atoms with Crippen molar-refractivity contribution >= 4 is 30.4 Å². The highest BCUT2D eigenvalue weighted by atomic mass is 28.3. The van der Waals surface area contributed by atoms with Gasteiger partial charge in [0.1, 0.15) is 30.0 Å². The largest absolute Gasteiger partial charge is 0.361 e. The molecule has 12 nitrogen and oxygen atoms in total. The van der Waals surface area contributed by atoms with Gasteiger partial charge >= 0.3 is 0 Å². The molecule has 0 saturated carbocycles. The first-order valence-corrected chi connectivity index (χ1v) is 19.7. The van der Waals surface area contributed by atoms with E-state index in [1.54, 1.807) is 15.4 Å². The highest BCUT2D eigenvalue weighted by Gasteiger charge is 2.23. The summed E-state index contributed by atoms with van der Waals surface area (Å²) in [5.74, 6) is 1.19. The molecule has 1 aromatic carbocycles. The number of aromatic nitrogens is 8. The lowest BCUT2D eigenvalue weighted by Gasteiger charge is -2.20. The Morgan fingerprint density at radius 1 is 1.06 bits per heavy atom. The lowest BCUT2D eigenvalue weighted by molar-refractivity contribution is 0.0899. The Morgan fingerprint density at radius 2 is 1.85 bits per heavy atom. The Balaban J connectivity index is 1.42. The molecule has 6 aromatic rings. The zero-order chi connectivity index (χ0) is 33.3. The second-order valence-electron chi connectivity index (χ2n) is 13.6. The number of anilines is 1. The molecule has 0 amide bonds. The Labute approximate surface area is 275 Å². The monoisotopic (exact) mass is 652 g/mol. The molecule has 0 aliphatic heterocycles. The molecule has 0 aliphatic carbocycles. The number of hydrogen-bond donors (Lipinski definition) is 1. The van der Waals surface area contributed by atoms with Gasteiger partial charge in [-0.1, -0.05) is 37.8 Å². The number of nitrogens with one attached hydrogen (secondary N) is 1. The second-order valence-corrected chi connectivity index (χ2v) is 19.2. The number of aryl methyl sites for hydroxylation is 1. The highest BCUT2D eigenvalue weighted by Crippen LogP contribution is 2.35. The van der Waals surface area contributed by atoms with Gasteiger partial charge in [0.25, 0.3) is 5.56 Å². The summed E-state index contributed by atoms with van der Waals surface area (Å²) in [4.78, 5) is 25.5. The van der Waals surface area contributed by atoms with Crippen molar-refractivity contribution in [2.24, 2.45) is 0 Å². The quantitative estimate of drug-likeness (QED) is 0.130. The van der Waals surface area contributed by atoms with Gasteiger partial charge in [-0.2, -0.15) is 10.2 Å². The van der Waals surface area contributed by atoms with Gasteiger partial charge in [0.2, 0.25) is 0 Å². The predicted molar refractivity (Wildman–Crippen MR) is 189 cm³/mol. The number of ether oxygens (including phenoxy) is 1. The van der Waals surface area contributed by atoms with E-state index >= 15 is 0 Å². The first kappa shape index (κ1) is 32.4. The van der Waals surface area contributed by atoms with Crippen LogP contribution in [0.4, 0.5) is 5.82 Å². The molecule has 246 valence electrons. The van der Waals surface area contributed by atoms with Gasteiger partial charge in [0.15, 0.2) is 5.82 Å². The standard InChI is InChI=1S/C34H44N10O2Si/c1-24-13-14-43-30(24)34(45)44(27-11-9-8-10-12-27)32(39-43)25(2)38-31-29-28(26-19-37-42(20-26)16-15-40(3)4)21-41(33(29)36-22-35-31)23-46-17-18-47(5,6)7/h8-14,19-22,25H,15-18,23H2,1-7H3,(H,35,36,38)/t25-/m0/s1. The average molecular weight is 653 g/mol. The smallest absolute Gasteiger partial charge is 0.282 e. The van der Waals surface area contributed by atoms with Crippen LogP contribution in [0.1, 0.15) is 24.4 Å². The minimum absolute atomic E-state index is 0.127. The summed E-state index contributed by atoms with van der Waals surface area (Å²) in [6.07, 6.45) is 9.42. The Morgan fingerprint density at radius 3 is 2.60 bits per heavy atom. The maximum Gasteiger partial charge on any atom is 0.282 e. The van der Waals surface area contributed by atoms with Crippen LogP contribution in [-0.2, 0) is 18.0 Å². The predicted octanol–water partition coefficient (Wildman–Crippen LogP) is 5.45. The summed E-state index contributed by atoms with van der Waals surface area (Å²) in [6, 6.07) is 12.2. The third-order valence-corrected chi connectivity index (χ3v) is 9.97. The van der Waals surface area contributed by atoms with Gasteiger partial charge in [0.05, 0.1) is 29.9 Å². The van der Waals surface area contributed by atoms with Gasteiger partial charge in [-0.15, -0.1) is 0 Å². The summed E-state index contributed by atoms with van der Waals surface area (Å²) in [7, 11) is 2.87. The summed E-state index contributed by atoms with van der Waals surface area (Å²) in [5, 5.41) is 14.0. The molecule has 0 bridgehead atoms. The summed E-state index contributed by atoms with van der Waals surface area (Å²) >= 11 is 0. The average Bonchev–Trinajstić information content (AvgIpc) is 3.76. The van der Waals surface area contributed by atoms with Gasteiger partial charge in [-0.3, -0.25) is 14.0 Å². The lowest BCUT2D eigenvalue weighted by atomic mass is 10.1. The molecule has 1 atom stereocenters. The Kier molecular flexibility index (Phi) is 9.13. The number of hydrogen-bond acceptors (Lipinski definition) is 8. The summed E-state index contributed by atoms with van der Waals surface area (Å²) < 4.78 is 13.5. The van der Waals surface area contributed by atoms with Crippen LogP contribution in [0, 0.1) is 6.92 Å². The Hall–Kier alpha value is -4.59. The fraction of sp³-hybridized carbons (Fsp3) is 0.382. The number of nitrogens with zero attached hydrogens (tertiary/aromatic N) is 9. The van der Waals surface area contributed by atoms with Crippen molar-refractivity contribution in [3.8, 4) is 16.8 Å². The van der Waals surface area contributed by atoms with Crippen LogP contribution in [-0.4, -0.2) is 78.7 Å². The van der Waals surface area contributed by atoms with Crippen LogP contribution >= 0.6 is 0 Å². The van der Waals surface area contributed by atoms with Crippen molar-refractivity contribution in [3.05, 3.63) is 89.3 Å². The van der Waals surface area contributed by atoms with Crippen LogP contribution in [0.5, 0.6) is 0 Å². The van der Waals surface area contributed by atoms with Crippen molar-refractivity contribution in [1.82, 2.24) is 43.4 Å². The molecule has 6 rings (SSSR count). The summed E-state index contributed by atoms with van der Waals surface area (Å²) in [6.45, 7) is 13.7. The first-order chi connectivity index (χ1) is 22.5. The number of rotatable bonds is 13. The maximum absolute atomic E-state index is 13.9. The maximum atomic E-state index is 13.9. The molecule has 0 radical (unpaired) electrons. The van der Waals surface area contributed by atoms with Crippen LogP contribution in [0.3, 0.4) is 0 Å². The third kappa shape index (κ3) is 6.92. The van der Waals surface area contributed by atoms with E-state index in [2.05, 4.69) is 61.4 Å². The number of fused-ring (bicyclic) bond motifs is 2. The van der Waals surface area contributed by atoms with Crippen LogP contribution in [0.2, 0.25) is 25.7 Å². The van der Waals surface area contributed by atoms with E-state index in [1.165, 1.54) is 0 Å². The zero-order valence-corrected chi connectivity index (χ0v) is 29.3. The molecular formula is C34H44N10O2Si. The Bertz CT molecular complexity index is 2050. The fourth-order valence-electron chi connectivity index (χ4n) is 5.63. The van der Waals surface area contributed by atoms with Gasteiger partial charge in [-0.05, 0) is 57.7 Å². The highest BCUT2D eigenvalue weighted by molar-refractivity contribution is 6.76. The normalized spacial score (nSPS) is 12.9. The van der Waals surface area contributed by atoms with Crippen LogP contribution < -0.4 is 10.9 Å². The van der Waals surface area contributed by atoms with Gasteiger partial charge in [0, 0.05) is 50.9 Å². The van der Waals surface area contributed by atoms with Crippen molar-refractivity contribution in [3.63, 3.8) is 0 Å². The minimum atomic E-state index is -1.24.